The lowest BCUT2D eigenvalue weighted by molar-refractivity contribution is 0.229. The van der Waals surface area contributed by atoms with Crippen LogP contribution in [0.2, 0.25) is 0 Å². The first-order chi connectivity index (χ1) is 8.11. The maximum Gasteiger partial charge on any atom is 0.0626 e. The van der Waals surface area contributed by atoms with Crippen molar-refractivity contribution in [1.82, 2.24) is 5.32 Å². The van der Waals surface area contributed by atoms with Crippen molar-refractivity contribution in [1.29, 1.82) is 0 Å². The molecular weight excluding hydrogens is 210 g/mol. The fourth-order valence-corrected chi connectivity index (χ4v) is 2.80. The molecule has 1 aromatic rings. The summed E-state index contributed by atoms with van der Waals surface area (Å²) in [4.78, 5) is 0. The highest BCUT2D eigenvalue weighted by Crippen LogP contribution is 2.37. The van der Waals surface area contributed by atoms with E-state index in [2.05, 4.69) is 31.3 Å². The molecule has 2 N–H and O–H groups in total. The highest BCUT2D eigenvalue weighted by Gasteiger charge is 2.31. The summed E-state index contributed by atoms with van der Waals surface area (Å²) in [6, 6.07) is 10.8. The van der Waals surface area contributed by atoms with Crippen molar-refractivity contribution < 1.29 is 5.11 Å². The molecule has 1 fully saturated rings. The van der Waals surface area contributed by atoms with Gasteiger partial charge >= 0.3 is 0 Å². The van der Waals surface area contributed by atoms with Gasteiger partial charge in [0.2, 0.25) is 0 Å². The summed E-state index contributed by atoms with van der Waals surface area (Å²) in [5.74, 6) is 0. The van der Waals surface area contributed by atoms with Crippen molar-refractivity contribution in [3.05, 3.63) is 35.9 Å². The Morgan fingerprint density at radius 3 is 2.59 bits per heavy atom. The minimum Gasteiger partial charge on any atom is -0.394 e. The monoisotopic (exact) mass is 233 g/mol. The lowest BCUT2D eigenvalue weighted by atomic mass is 9.91. The molecule has 0 saturated heterocycles. The van der Waals surface area contributed by atoms with Gasteiger partial charge in [0.15, 0.2) is 0 Å². The molecule has 17 heavy (non-hydrogen) atoms. The molecule has 0 amide bonds. The van der Waals surface area contributed by atoms with Gasteiger partial charge in [0, 0.05) is 6.04 Å². The van der Waals surface area contributed by atoms with E-state index in [9.17, 15) is 5.11 Å². The van der Waals surface area contributed by atoms with Gasteiger partial charge in [-0.2, -0.15) is 0 Å². The van der Waals surface area contributed by atoms with E-state index < -0.39 is 0 Å². The summed E-state index contributed by atoms with van der Waals surface area (Å²) in [5.41, 5.74) is 1.63. The van der Waals surface area contributed by atoms with E-state index in [1.54, 1.807) is 0 Å². The molecule has 2 nitrogen and oxygen atoms in total. The fourth-order valence-electron chi connectivity index (χ4n) is 2.80. The van der Waals surface area contributed by atoms with Crippen molar-refractivity contribution in [2.24, 2.45) is 5.41 Å². The second-order valence-corrected chi connectivity index (χ2v) is 5.92. The maximum absolute atomic E-state index is 9.51. The van der Waals surface area contributed by atoms with Gasteiger partial charge < -0.3 is 10.4 Å². The molecule has 94 valence electrons. The van der Waals surface area contributed by atoms with E-state index in [-0.39, 0.29) is 12.6 Å². The number of aliphatic hydroxyl groups is 1. The van der Waals surface area contributed by atoms with E-state index in [1.807, 2.05) is 18.2 Å². The van der Waals surface area contributed by atoms with Crippen LogP contribution in [-0.2, 0) is 0 Å². The standard InChI is InChI=1S/C15H23NO/c1-15(2)9-8-13(10-15)16-14(11-17)12-6-4-3-5-7-12/h3-7,13-14,16-17H,8-11H2,1-2H3/t13?,14-/m0/s1. The summed E-state index contributed by atoms with van der Waals surface area (Å²) >= 11 is 0. The average Bonchev–Trinajstić information content (AvgIpc) is 2.67. The van der Waals surface area contributed by atoms with E-state index in [0.717, 1.165) is 0 Å². The lowest BCUT2D eigenvalue weighted by Gasteiger charge is -2.23. The number of benzene rings is 1. The Hall–Kier alpha value is -0.860. The highest BCUT2D eigenvalue weighted by atomic mass is 16.3. The fraction of sp³-hybridized carbons (Fsp3) is 0.600. The van der Waals surface area contributed by atoms with Crippen LogP contribution in [0.3, 0.4) is 0 Å². The summed E-state index contributed by atoms with van der Waals surface area (Å²) in [7, 11) is 0. The Kier molecular flexibility index (Phi) is 3.85. The zero-order chi connectivity index (χ0) is 12.3. The Morgan fingerprint density at radius 2 is 2.06 bits per heavy atom. The summed E-state index contributed by atoms with van der Waals surface area (Å²) < 4.78 is 0. The third kappa shape index (κ3) is 3.30. The Bertz CT molecular complexity index is 347. The molecule has 1 aliphatic carbocycles. The van der Waals surface area contributed by atoms with Crippen molar-refractivity contribution in [2.75, 3.05) is 6.61 Å². The molecule has 0 heterocycles. The predicted octanol–water partition coefficient (Wildman–Crippen LogP) is 2.89. The molecule has 2 atom stereocenters. The van der Waals surface area contributed by atoms with Gasteiger partial charge in [0.1, 0.15) is 0 Å². The van der Waals surface area contributed by atoms with Gasteiger partial charge in [-0.05, 0) is 30.2 Å². The zero-order valence-corrected chi connectivity index (χ0v) is 10.8. The first-order valence-corrected chi connectivity index (χ1v) is 6.52. The third-order valence-corrected chi connectivity index (χ3v) is 3.79. The van der Waals surface area contributed by atoms with Crippen LogP contribution >= 0.6 is 0 Å². The smallest absolute Gasteiger partial charge is 0.0626 e. The Morgan fingerprint density at radius 1 is 1.35 bits per heavy atom. The first-order valence-electron chi connectivity index (χ1n) is 6.52. The molecule has 0 bridgehead atoms. The average molecular weight is 233 g/mol. The quantitative estimate of drug-likeness (QED) is 0.838. The van der Waals surface area contributed by atoms with Crippen LogP contribution in [0.4, 0.5) is 0 Å². The minimum atomic E-state index is 0.0788. The van der Waals surface area contributed by atoms with Gasteiger partial charge in [-0.3, -0.25) is 0 Å². The molecule has 1 aromatic carbocycles. The molecule has 0 aliphatic heterocycles. The van der Waals surface area contributed by atoms with Crippen molar-refractivity contribution in [3.63, 3.8) is 0 Å². The molecule has 2 rings (SSSR count). The largest absolute Gasteiger partial charge is 0.394 e. The molecule has 1 aliphatic rings. The highest BCUT2D eigenvalue weighted by molar-refractivity contribution is 5.19. The van der Waals surface area contributed by atoms with Crippen molar-refractivity contribution >= 4 is 0 Å². The van der Waals surface area contributed by atoms with Crippen molar-refractivity contribution in [2.45, 2.75) is 45.2 Å². The predicted molar refractivity (Wildman–Crippen MR) is 70.8 cm³/mol. The van der Waals surface area contributed by atoms with Crippen LogP contribution < -0.4 is 5.32 Å². The molecular formula is C15H23NO. The first kappa shape index (κ1) is 12.6. The molecule has 0 spiro atoms. The molecule has 2 heteroatoms. The number of hydrogen-bond donors (Lipinski definition) is 2. The van der Waals surface area contributed by atoms with Crippen LogP contribution in [0.25, 0.3) is 0 Å². The van der Waals surface area contributed by atoms with E-state index in [4.69, 9.17) is 0 Å². The second kappa shape index (κ2) is 5.19. The van der Waals surface area contributed by atoms with Crippen LogP contribution in [0.5, 0.6) is 0 Å². The second-order valence-electron chi connectivity index (χ2n) is 5.92. The van der Waals surface area contributed by atoms with Gasteiger partial charge in [-0.1, -0.05) is 44.2 Å². The minimum absolute atomic E-state index is 0.0788. The number of aliphatic hydroxyl groups excluding tert-OH is 1. The van der Waals surface area contributed by atoms with Crippen LogP contribution in [0.15, 0.2) is 30.3 Å². The Balaban J connectivity index is 1.97. The topological polar surface area (TPSA) is 32.3 Å². The number of hydrogen-bond acceptors (Lipinski definition) is 2. The van der Waals surface area contributed by atoms with Crippen LogP contribution in [0.1, 0.15) is 44.7 Å². The van der Waals surface area contributed by atoms with Crippen LogP contribution in [0, 0.1) is 5.41 Å². The summed E-state index contributed by atoms with van der Waals surface area (Å²) in [5, 5.41) is 13.1. The molecule has 1 unspecified atom stereocenters. The third-order valence-electron chi connectivity index (χ3n) is 3.79. The summed E-state index contributed by atoms with van der Waals surface area (Å²) in [6.45, 7) is 4.82. The van der Waals surface area contributed by atoms with Gasteiger partial charge in [-0.15, -0.1) is 0 Å². The molecule has 0 radical (unpaired) electrons. The van der Waals surface area contributed by atoms with Gasteiger partial charge in [0.05, 0.1) is 12.6 Å². The number of nitrogens with one attached hydrogen (secondary N) is 1. The Labute approximate surface area is 104 Å². The lowest BCUT2D eigenvalue weighted by Crippen LogP contribution is -2.33. The van der Waals surface area contributed by atoms with Crippen LogP contribution in [-0.4, -0.2) is 17.8 Å². The van der Waals surface area contributed by atoms with E-state index >= 15 is 0 Å². The van der Waals surface area contributed by atoms with Crippen molar-refractivity contribution in [3.8, 4) is 0 Å². The zero-order valence-electron chi connectivity index (χ0n) is 10.8. The number of rotatable bonds is 4. The van der Waals surface area contributed by atoms with Gasteiger partial charge in [-0.25, -0.2) is 0 Å². The summed E-state index contributed by atoms with van der Waals surface area (Å²) in [6.07, 6.45) is 3.70. The van der Waals surface area contributed by atoms with Gasteiger partial charge in [0.25, 0.3) is 0 Å². The SMILES string of the molecule is CC1(C)CCC(N[C@@H](CO)c2ccccc2)C1. The molecule has 0 aromatic heterocycles. The normalized spacial score (nSPS) is 24.8. The van der Waals surface area contributed by atoms with E-state index in [0.29, 0.717) is 11.5 Å². The molecule has 1 saturated carbocycles. The maximum atomic E-state index is 9.51. The van der Waals surface area contributed by atoms with E-state index in [1.165, 1.54) is 24.8 Å².